The van der Waals surface area contributed by atoms with Gasteiger partial charge in [-0.2, -0.15) is 0 Å². The molecular weight excluding hydrogens is 228 g/mol. The topological polar surface area (TPSA) is 61.2 Å². The zero-order valence-electron chi connectivity index (χ0n) is 9.72. The van der Waals surface area contributed by atoms with Gasteiger partial charge in [0, 0.05) is 31.6 Å². The predicted octanol–water partition coefficient (Wildman–Crippen LogP) is 0.507. The largest absolute Gasteiger partial charge is 0.379 e. The van der Waals surface area contributed by atoms with Crippen molar-refractivity contribution in [1.29, 1.82) is 0 Å². The number of aryl methyl sites for hydroxylation is 1. The summed E-state index contributed by atoms with van der Waals surface area (Å²) in [6, 6.07) is 0. The molecule has 1 heterocycles. The second-order valence-electron chi connectivity index (χ2n) is 3.63. The maximum Gasteiger partial charge on any atom is 0.149 e. The van der Waals surface area contributed by atoms with Crippen LogP contribution >= 0.6 is 0 Å². The number of hydrogen-bond acceptors (Lipinski definition) is 4. The second-order valence-corrected chi connectivity index (χ2v) is 5.89. The highest BCUT2D eigenvalue weighted by atomic mass is 32.2. The van der Waals surface area contributed by atoms with Crippen LogP contribution in [0.4, 0.5) is 0 Å². The molecule has 1 aromatic heterocycles. The van der Waals surface area contributed by atoms with Crippen LogP contribution in [0.5, 0.6) is 0 Å². The Balaban J connectivity index is 2.21. The summed E-state index contributed by atoms with van der Waals surface area (Å²) in [7, 11) is -2.92. The average molecular weight is 246 g/mol. The molecule has 0 saturated heterocycles. The van der Waals surface area contributed by atoms with Gasteiger partial charge in [0.1, 0.15) is 15.7 Å². The monoisotopic (exact) mass is 246 g/mol. The normalized spacial score (nSPS) is 11.9. The molecule has 0 amide bonds. The molecule has 0 aromatic carbocycles. The third-order valence-electron chi connectivity index (χ3n) is 2.19. The Morgan fingerprint density at radius 3 is 2.81 bits per heavy atom. The van der Waals surface area contributed by atoms with Gasteiger partial charge in [-0.15, -0.1) is 0 Å². The summed E-state index contributed by atoms with van der Waals surface area (Å²) in [5, 5.41) is 0. The summed E-state index contributed by atoms with van der Waals surface area (Å²) in [4.78, 5) is 4.18. The van der Waals surface area contributed by atoms with Crippen molar-refractivity contribution in [1.82, 2.24) is 9.55 Å². The van der Waals surface area contributed by atoms with Gasteiger partial charge >= 0.3 is 0 Å². The fourth-order valence-corrected chi connectivity index (χ4v) is 1.75. The maximum absolute atomic E-state index is 10.8. The molecule has 6 heteroatoms. The molecule has 0 atom stereocenters. The molecular formula is C10H18N2O3S. The lowest BCUT2D eigenvalue weighted by molar-refractivity contribution is 0.140. The molecule has 1 rings (SSSR count). The Hall–Kier alpha value is -0.880. The summed E-state index contributed by atoms with van der Waals surface area (Å²) < 4.78 is 28.9. The first-order valence-corrected chi connectivity index (χ1v) is 7.34. The Kier molecular flexibility index (Phi) is 4.95. The quantitative estimate of drug-likeness (QED) is 0.658. The van der Waals surface area contributed by atoms with Gasteiger partial charge in [0.25, 0.3) is 0 Å². The summed E-state index contributed by atoms with van der Waals surface area (Å²) in [6.45, 7) is 3.53. The van der Waals surface area contributed by atoms with E-state index in [1.165, 1.54) is 6.26 Å². The van der Waals surface area contributed by atoms with E-state index in [4.69, 9.17) is 4.74 Å². The van der Waals surface area contributed by atoms with Crippen LogP contribution in [-0.4, -0.2) is 43.2 Å². The summed E-state index contributed by atoms with van der Waals surface area (Å²) in [5.74, 6) is 1.10. The number of hydrogen-bond donors (Lipinski definition) is 0. The van der Waals surface area contributed by atoms with Crippen molar-refractivity contribution in [2.75, 3.05) is 25.2 Å². The van der Waals surface area contributed by atoms with Gasteiger partial charge in [-0.1, -0.05) is 6.92 Å². The van der Waals surface area contributed by atoms with Gasteiger partial charge in [0.2, 0.25) is 0 Å². The number of nitrogens with zero attached hydrogens (tertiary/aromatic N) is 2. The van der Waals surface area contributed by atoms with Crippen molar-refractivity contribution in [2.24, 2.45) is 0 Å². The van der Waals surface area contributed by atoms with Crippen molar-refractivity contribution in [2.45, 2.75) is 19.9 Å². The third kappa shape index (κ3) is 4.76. The summed E-state index contributed by atoms with van der Waals surface area (Å²) >= 11 is 0. The minimum absolute atomic E-state index is 0.0809. The van der Waals surface area contributed by atoms with E-state index in [0.717, 1.165) is 12.2 Å². The first-order valence-electron chi connectivity index (χ1n) is 5.28. The number of aromatic nitrogens is 2. The van der Waals surface area contributed by atoms with Crippen LogP contribution in [0.15, 0.2) is 12.4 Å². The fraction of sp³-hybridized carbons (Fsp3) is 0.700. The number of rotatable bonds is 7. The van der Waals surface area contributed by atoms with E-state index < -0.39 is 9.84 Å². The van der Waals surface area contributed by atoms with E-state index in [-0.39, 0.29) is 12.4 Å². The Bertz CT molecular complexity index is 411. The third-order valence-corrected chi connectivity index (χ3v) is 3.10. The predicted molar refractivity (Wildman–Crippen MR) is 62.1 cm³/mol. The van der Waals surface area contributed by atoms with Gasteiger partial charge in [-0.25, -0.2) is 13.4 Å². The Morgan fingerprint density at radius 2 is 2.19 bits per heavy atom. The molecule has 1 aromatic rings. The summed E-state index contributed by atoms with van der Waals surface area (Å²) in [5.41, 5.74) is 0. The Labute approximate surface area is 96.4 Å². The highest BCUT2D eigenvalue weighted by molar-refractivity contribution is 7.90. The Morgan fingerprint density at radius 1 is 1.44 bits per heavy atom. The van der Waals surface area contributed by atoms with Crippen molar-refractivity contribution < 1.29 is 13.2 Å². The lowest BCUT2D eigenvalue weighted by Crippen LogP contribution is -2.14. The molecule has 0 bridgehead atoms. The molecule has 0 aliphatic rings. The van der Waals surface area contributed by atoms with Crippen LogP contribution in [0.25, 0.3) is 0 Å². The van der Waals surface area contributed by atoms with E-state index in [1.54, 1.807) is 6.20 Å². The zero-order chi connectivity index (χ0) is 12.0. The number of sulfone groups is 1. The van der Waals surface area contributed by atoms with E-state index in [2.05, 4.69) is 4.98 Å². The highest BCUT2D eigenvalue weighted by Crippen LogP contribution is 1.98. The SMILES string of the molecule is CCc1nccn1CCOCCS(C)(=O)=O. The lowest BCUT2D eigenvalue weighted by Gasteiger charge is -2.06. The van der Waals surface area contributed by atoms with E-state index in [0.29, 0.717) is 13.2 Å². The molecule has 0 radical (unpaired) electrons. The van der Waals surface area contributed by atoms with Crippen molar-refractivity contribution in [3.8, 4) is 0 Å². The van der Waals surface area contributed by atoms with Gasteiger partial charge in [0.15, 0.2) is 0 Å². The maximum atomic E-state index is 10.8. The average Bonchev–Trinajstić information content (AvgIpc) is 2.63. The number of imidazole rings is 1. The van der Waals surface area contributed by atoms with Gasteiger partial charge in [0.05, 0.1) is 19.0 Å². The molecule has 0 aliphatic heterocycles. The van der Waals surface area contributed by atoms with Crippen molar-refractivity contribution in [3.05, 3.63) is 18.2 Å². The minimum Gasteiger partial charge on any atom is -0.379 e. The van der Waals surface area contributed by atoms with E-state index in [1.807, 2.05) is 17.7 Å². The van der Waals surface area contributed by atoms with E-state index >= 15 is 0 Å². The van der Waals surface area contributed by atoms with Crippen LogP contribution in [0.1, 0.15) is 12.7 Å². The molecule has 0 unspecified atom stereocenters. The summed E-state index contributed by atoms with van der Waals surface area (Å²) in [6.07, 6.45) is 5.76. The standard InChI is InChI=1S/C10H18N2O3S/c1-3-10-11-4-5-12(10)6-7-15-8-9-16(2,13)14/h4-5H,3,6-9H2,1-2H3. The van der Waals surface area contributed by atoms with Crippen LogP contribution in [0.2, 0.25) is 0 Å². The van der Waals surface area contributed by atoms with Crippen LogP contribution < -0.4 is 0 Å². The first kappa shape index (κ1) is 13.2. The zero-order valence-corrected chi connectivity index (χ0v) is 10.5. The van der Waals surface area contributed by atoms with Gasteiger partial charge in [-0.3, -0.25) is 0 Å². The fourth-order valence-electron chi connectivity index (χ4n) is 1.33. The van der Waals surface area contributed by atoms with Crippen molar-refractivity contribution >= 4 is 9.84 Å². The van der Waals surface area contributed by atoms with Gasteiger partial charge in [-0.05, 0) is 0 Å². The molecule has 0 saturated carbocycles. The molecule has 5 nitrogen and oxygen atoms in total. The van der Waals surface area contributed by atoms with Crippen LogP contribution in [0, 0.1) is 0 Å². The van der Waals surface area contributed by atoms with Crippen LogP contribution in [0.3, 0.4) is 0 Å². The second kappa shape index (κ2) is 6.00. The van der Waals surface area contributed by atoms with Crippen molar-refractivity contribution in [3.63, 3.8) is 0 Å². The molecule has 0 N–H and O–H groups in total. The molecule has 0 spiro atoms. The lowest BCUT2D eigenvalue weighted by atomic mass is 10.4. The number of ether oxygens (including phenoxy) is 1. The highest BCUT2D eigenvalue weighted by Gasteiger charge is 2.02. The molecule has 0 aliphatic carbocycles. The van der Waals surface area contributed by atoms with E-state index in [9.17, 15) is 8.42 Å². The smallest absolute Gasteiger partial charge is 0.149 e. The minimum atomic E-state index is -2.92. The molecule has 92 valence electrons. The van der Waals surface area contributed by atoms with Crippen LogP contribution in [-0.2, 0) is 27.5 Å². The first-order chi connectivity index (χ1) is 7.53. The molecule has 16 heavy (non-hydrogen) atoms. The molecule has 0 fully saturated rings. The van der Waals surface area contributed by atoms with Gasteiger partial charge < -0.3 is 9.30 Å².